The van der Waals surface area contributed by atoms with E-state index < -0.39 is 16.8 Å². The number of rotatable bonds is 6. The summed E-state index contributed by atoms with van der Waals surface area (Å²) in [6.07, 6.45) is -0.143. The Hall–Kier alpha value is -1.96. The molecule has 0 heterocycles. The van der Waals surface area contributed by atoms with Gasteiger partial charge in [0.15, 0.2) is 0 Å². The molecular formula is C12H13BrN2O5. The van der Waals surface area contributed by atoms with E-state index in [-0.39, 0.29) is 30.1 Å². The molecule has 1 unspecified atom stereocenters. The molecule has 1 atom stereocenters. The summed E-state index contributed by atoms with van der Waals surface area (Å²) in [4.78, 5) is 32.5. The highest BCUT2D eigenvalue weighted by Crippen LogP contribution is 2.28. The molecule has 8 heteroatoms. The molecule has 0 aliphatic rings. The molecule has 0 saturated heterocycles. The van der Waals surface area contributed by atoms with Gasteiger partial charge in [0.25, 0.3) is 5.69 Å². The van der Waals surface area contributed by atoms with Crippen LogP contribution in [-0.2, 0) is 9.59 Å². The fraction of sp³-hybridized carbons (Fsp3) is 0.333. The maximum atomic E-state index is 11.7. The van der Waals surface area contributed by atoms with Gasteiger partial charge < -0.3 is 10.4 Å². The van der Waals surface area contributed by atoms with Crippen molar-refractivity contribution in [2.75, 3.05) is 5.32 Å². The van der Waals surface area contributed by atoms with Crippen LogP contribution in [0.15, 0.2) is 22.7 Å². The van der Waals surface area contributed by atoms with Crippen LogP contribution in [0.3, 0.4) is 0 Å². The number of halogens is 1. The van der Waals surface area contributed by atoms with E-state index in [0.29, 0.717) is 4.47 Å². The van der Waals surface area contributed by atoms with Gasteiger partial charge in [-0.3, -0.25) is 19.7 Å². The van der Waals surface area contributed by atoms with Crippen LogP contribution in [0.5, 0.6) is 0 Å². The van der Waals surface area contributed by atoms with Crippen molar-refractivity contribution in [1.29, 1.82) is 0 Å². The standard InChI is InChI=1S/C12H13BrN2O5/c1-7(5-12(17)18)4-11(16)14-9-3-2-8(13)6-10(9)15(19)20/h2-3,6-7H,4-5H2,1H3,(H,14,16)(H,17,18). The minimum absolute atomic E-state index is 0.0144. The first-order valence-corrected chi connectivity index (χ1v) is 6.54. The monoisotopic (exact) mass is 344 g/mol. The normalized spacial score (nSPS) is 11.7. The van der Waals surface area contributed by atoms with E-state index in [2.05, 4.69) is 21.2 Å². The smallest absolute Gasteiger partial charge is 0.303 e. The highest BCUT2D eigenvalue weighted by molar-refractivity contribution is 9.10. The predicted octanol–water partition coefficient (Wildman–Crippen LogP) is 2.80. The summed E-state index contributed by atoms with van der Waals surface area (Å²) in [5.41, 5.74) is -0.135. The zero-order valence-electron chi connectivity index (χ0n) is 10.6. The highest BCUT2D eigenvalue weighted by atomic mass is 79.9. The van der Waals surface area contributed by atoms with E-state index in [0.717, 1.165) is 0 Å². The van der Waals surface area contributed by atoms with Gasteiger partial charge in [0.2, 0.25) is 5.91 Å². The molecule has 0 radical (unpaired) electrons. The Morgan fingerprint density at radius 3 is 2.65 bits per heavy atom. The lowest BCUT2D eigenvalue weighted by Gasteiger charge is -2.09. The van der Waals surface area contributed by atoms with E-state index in [1.54, 1.807) is 13.0 Å². The fourth-order valence-corrected chi connectivity index (χ4v) is 2.00. The van der Waals surface area contributed by atoms with Crippen molar-refractivity contribution in [3.05, 3.63) is 32.8 Å². The number of carbonyl (C=O) groups excluding carboxylic acids is 1. The van der Waals surface area contributed by atoms with Crippen LogP contribution in [0.25, 0.3) is 0 Å². The Bertz CT molecular complexity index is 547. The number of aliphatic carboxylic acids is 1. The summed E-state index contributed by atoms with van der Waals surface area (Å²) in [5.74, 6) is -1.79. The second-order valence-electron chi connectivity index (χ2n) is 4.37. The fourth-order valence-electron chi connectivity index (χ4n) is 1.65. The van der Waals surface area contributed by atoms with Crippen LogP contribution in [0, 0.1) is 16.0 Å². The van der Waals surface area contributed by atoms with Crippen LogP contribution in [0.4, 0.5) is 11.4 Å². The first-order chi connectivity index (χ1) is 9.29. The Labute approximate surface area is 123 Å². The average molecular weight is 345 g/mol. The second kappa shape index (κ2) is 6.99. The number of carbonyl (C=O) groups is 2. The van der Waals surface area contributed by atoms with E-state index in [1.165, 1.54) is 12.1 Å². The van der Waals surface area contributed by atoms with E-state index in [9.17, 15) is 19.7 Å². The number of nitro benzene ring substituents is 1. The Morgan fingerprint density at radius 2 is 2.10 bits per heavy atom. The number of hydrogen-bond acceptors (Lipinski definition) is 4. The van der Waals surface area contributed by atoms with Crippen molar-refractivity contribution >= 4 is 39.2 Å². The quantitative estimate of drug-likeness (QED) is 0.609. The Kier molecular flexibility index (Phi) is 5.63. The molecule has 108 valence electrons. The molecule has 0 saturated carbocycles. The minimum atomic E-state index is -0.986. The van der Waals surface area contributed by atoms with Gasteiger partial charge in [0.1, 0.15) is 5.69 Å². The number of anilines is 1. The molecule has 0 aromatic heterocycles. The van der Waals surface area contributed by atoms with Gasteiger partial charge in [0.05, 0.1) is 4.92 Å². The van der Waals surface area contributed by atoms with E-state index >= 15 is 0 Å². The van der Waals surface area contributed by atoms with E-state index in [1.807, 2.05) is 0 Å². The van der Waals surface area contributed by atoms with Gasteiger partial charge in [0, 0.05) is 23.4 Å². The lowest BCUT2D eigenvalue weighted by atomic mass is 10.0. The number of benzene rings is 1. The third kappa shape index (κ3) is 4.96. The lowest BCUT2D eigenvalue weighted by Crippen LogP contribution is -2.17. The highest BCUT2D eigenvalue weighted by Gasteiger charge is 2.18. The predicted molar refractivity (Wildman–Crippen MR) is 75.5 cm³/mol. The molecule has 0 fully saturated rings. The Balaban J connectivity index is 2.76. The molecule has 1 aromatic rings. The molecule has 1 amide bonds. The summed E-state index contributed by atoms with van der Waals surface area (Å²) >= 11 is 3.12. The molecule has 0 aliphatic carbocycles. The maximum Gasteiger partial charge on any atom is 0.303 e. The van der Waals surface area contributed by atoms with Crippen molar-refractivity contribution in [2.24, 2.45) is 5.92 Å². The van der Waals surface area contributed by atoms with E-state index in [4.69, 9.17) is 5.11 Å². The van der Waals surface area contributed by atoms with Crippen molar-refractivity contribution in [1.82, 2.24) is 0 Å². The first kappa shape index (κ1) is 16.1. The van der Waals surface area contributed by atoms with Crippen molar-refractivity contribution < 1.29 is 19.6 Å². The summed E-state index contributed by atoms with van der Waals surface area (Å²) < 4.78 is 0.529. The first-order valence-electron chi connectivity index (χ1n) is 5.75. The summed E-state index contributed by atoms with van der Waals surface area (Å²) in [7, 11) is 0. The molecule has 20 heavy (non-hydrogen) atoms. The van der Waals surface area contributed by atoms with Crippen molar-refractivity contribution in [3.63, 3.8) is 0 Å². The van der Waals surface area contributed by atoms with Crippen LogP contribution in [-0.4, -0.2) is 21.9 Å². The van der Waals surface area contributed by atoms with Crippen LogP contribution in [0.2, 0.25) is 0 Å². The van der Waals surface area contributed by atoms with Gasteiger partial charge in [-0.2, -0.15) is 0 Å². The number of nitrogens with zero attached hydrogens (tertiary/aromatic N) is 1. The Morgan fingerprint density at radius 1 is 1.45 bits per heavy atom. The number of amides is 1. The van der Waals surface area contributed by atoms with Gasteiger partial charge in [-0.05, 0) is 18.1 Å². The van der Waals surface area contributed by atoms with Crippen LogP contribution in [0.1, 0.15) is 19.8 Å². The molecule has 1 aromatic carbocycles. The lowest BCUT2D eigenvalue weighted by molar-refractivity contribution is -0.384. The largest absolute Gasteiger partial charge is 0.481 e. The molecule has 2 N–H and O–H groups in total. The average Bonchev–Trinajstić information content (AvgIpc) is 2.29. The molecule has 0 spiro atoms. The molecule has 1 rings (SSSR count). The SMILES string of the molecule is CC(CC(=O)O)CC(=O)Nc1ccc(Br)cc1[N+](=O)[O-]. The van der Waals surface area contributed by atoms with Gasteiger partial charge in [-0.15, -0.1) is 0 Å². The molecule has 0 aliphatic heterocycles. The number of nitro groups is 1. The number of carboxylic acid groups (broad SMARTS) is 1. The summed E-state index contributed by atoms with van der Waals surface area (Å²) in [6.45, 7) is 1.63. The number of carboxylic acids is 1. The minimum Gasteiger partial charge on any atom is -0.481 e. The summed E-state index contributed by atoms with van der Waals surface area (Å²) in [5, 5.41) is 21.9. The zero-order valence-corrected chi connectivity index (χ0v) is 12.2. The number of nitrogens with one attached hydrogen (secondary N) is 1. The van der Waals surface area contributed by atoms with Crippen LogP contribution < -0.4 is 5.32 Å². The third-order valence-corrected chi connectivity index (χ3v) is 2.98. The van der Waals surface area contributed by atoms with Crippen LogP contribution >= 0.6 is 15.9 Å². The maximum absolute atomic E-state index is 11.7. The van der Waals surface area contributed by atoms with Gasteiger partial charge in [-0.1, -0.05) is 22.9 Å². The molecular weight excluding hydrogens is 332 g/mol. The third-order valence-electron chi connectivity index (χ3n) is 2.49. The topological polar surface area (TPSA) is 110 Å². The van der Waals surface area contributed by atoms with Crippen molar-refractivity contribution in [2.45, 2.75) is 19.8 Å². The van der Waals surface area contributed by atoms with Gasteiger partial charge >= 0.3 is 5.97 Å². The number of hydrogen-bond donors (Lipinski definition) is 2. The molecule has 0 bridgehead atoms. The zero-order chi connectivity index (χ0) is 15.3. The second-order valence-corrected chi connectivity index (χ2v) is 5.29. The van der Waals surface area contributed by atoms with Crippen molar-refractivity contribution in [3.8, 4) is 0 Å². The molecule has 7 nitrogen and oxygen atoms in total. The van der Waals surface area contributed by atoms with Gasteiger partial charge in [-0.25, -0.2) is 0 Å². The summed E-state index contributed by atoms with van der Waals surface area (Å²) in [6, 6.07) is 4.28.